The largest absolute Gasteiger partial charge is 0.423 e. The predicted octanol–water partition coefficient (Wildman–Crippen LogP) is 2.86. The van der Waals surface area contributed by atoms with Gasteiger partial charge in [-0.2, -0.15) is 0 Å². The maximum absolute atomic E-state index is 11.7. The lowest BCUT2D eigenvalue weighted by molar-refractivity contribution is 0.0736. The highest BCUT2D eigenvalue weighted by Gasteiger charge is 2.12. The van der Waals surface area contributed by atoms with Crippen LogP contribution in [0.3, 0.4) is 0 Å². The molecule has 16 heavy (non-hydrogen) atoms. The molecule has 1 aromatic carbocycles. The summed E-state index contributed by atoms with van der Waals surface area (Å²) in [5.74, 6) is 0.125. The van der Waals surface area contributed by atoms with Gasteiger partial charge in [-0.3, -0.25) is 0 Å². The number of esters is 1. The summed E-state index contributed by atoms with van der Waals surface area (Å²) in [6.45, 7) is 1.94. The minimum atomic E-state index is -0.413. The lowest BCUT2D eigenvalue weighted by Crippen LogP contribution is -2.09. The van der Waals surface area contributed by atoms with E-state index >= 15 is 0 Å². The van der Waals surface area contributed by atoms with Crippen LogP contribution in [0, 0.1) is 6.92 Å². The number of carbonyl (C=O) groups excluding carboxylic acids is 1. The van der Waals surface area contributed by atoms with E-state index in [1.165, 1.54) is 11.3 Å². The summed E-state index contributed by atoms with van der Waals surface area (Å²) < 4.78 is 5.21. The van der Waals surface area contributed by atoms with Gasteiger partial charge in [0.2, 0.25) is 0 Å². The van der Waals surface area contributed by atoms with Crippen LogP contribution in [0.2, 0.25) is 0 Å². The molecule has 0 fully saturated rings. The Kier molecular flexibility index (Phi) is 2.92. The Balaban J connectivity index is 2.17. The Morgan fingerprint density at radius 2 is 2.19 bits per heavy atom. The zero-order valence-corrected chi connectivity index (χ0v) is 9.58. The molecule has 0 spiro atoms. The Morgan fingerprint density at radius 3 is 2.81 bits per heavy atom. The van der Waals surface area contributed by atoms with E-state index in [1.807, 2.05) is 19.1 Å². The fraction of sp³-hybridized carbons (Fsp3) is 0.0833. The number of nitrogen functional groups attached to an aromatic ring is 1. The molecule has 2 aromatic rings. The second-order valence-corrected chi connectivity index (χ2v) is 4.35. The monoisotopic (exact) mass is 233 g/mol. The van der Waals surface area contributed by atoms with Crippen LogP contribution in [0.4, 0.5) is 5.00 Å². The summed E-state index contributed by atoms with van der Waals surface area (Å²) in [6.07, 6.45) is 0. The van der Waals surface area contributed by atoms with Gasteiger partial charge in [0.25, 0.3) is 0 Å². The fourth-order valence-electron chi connectivity index (χ4n) is 1.33. The number of ether oxygens (including phenoxy) is 1. The molecule has 0 saturated carbocycles. The number of hydrogen-bond acceptors (Lipinski definition) is 4. The smallest absolute Gasteiger partial charge is 0.346 e. The summed E-state index contributed by atoms with van der Waals surface area (Å²) in [5.41, 5.74) is 7.11. The molecule has 0 aliphatic heterocycles. The molecular weight excluding hydrogens is 222 g/mol. The van der Waals surface area contributed by atoms with Crippen LogP contribution in [0.1, 0.15) is 15.9 Å². The third-order valence-corrected chi connectivity index (χ3v) is 2.86. The highest BCUT2D eigenvalue weighted by Crippen LogP contribution is 2.21. The van der Waals surface area contributed by atoms with E-state index in [9.17, 15) is 4.79 Å². The summed E-state index contributed by atoms with van der Waals surface area (Å²) >= 11 is 1.32. The van der Waals surface area contributed by atoms with E-state index in [-0.39, 0.29) is 0 Å². The van der Waals surface area contributed by atoms with E-state index in [4.69, 9.17) is 10.5 Å². The number of nitrogens with two attached hydrogens (primary N) is 1. The predicted molar refractivity (Wildman–Crippen MR) is 64.9 cm³/mol. The summed E-state index contributed by atoms with van der Waals surface area (Å²) in [7, 11) is 0. The molecule has 0 aliphatic carbocycles. The summed E-state index contributed by atoms with van der Waals surface area (Å²) in [5, 5.41) is 2.25. The fourth-order valence-corrected chi connectivity index (χ4v) is 1.96. The van der Waals surface area contributed by atoms with Crippen molar-refractivity contribution in [2.75, 3.05) is 5.73 Å². The van der Waals surface area contributed by atoms with E-state index in [0.29, 0.717) is 16.3 Å². The molecule has 82 valence electrons. The molecular formula is C12H11NO2S. The van der Waals surface area contributed by atoms with E-state index in [2.05, 4.69) is 0 Å². The number of carbonyl (C=O) groups is 1. The van der Waals surface area contributed by atoms with Crippen molar-refractivity contribution in [1.82, 2.24) is 0 Å². The normalized spacial score (nSPS) is 10.1. The molecule has 0 unspecified atom stereocenters. The third-order valence-electron chi connectivity index (χ3n) is 2.12. The molecule has 1 heterocycles. The first-order valence-corrected chi connectivity index (χ1v) is 5.66. The Morgan fingerprint density at radius 1 is 1.38 bits per heavy atom. The quantitative estimate of drug-likeness (QED) is 0.641. The van der Waals surface area contributed by atoms with Gasteiger partial charge >= 0.3 is 5.97 Å². The number of aryl methyl sites for hydroxylation is 1. The molecule has 0 aliphatic rings. The van der Waals surface area contributed by atoms with Crippen LogP contribution in [-0.4, -0.2) is 5.97 Å². The van der Waals surface area contributed by atoms with Gasteiger partial charge in [0.05, 0.1) is 5.56 Å². The SMILES string of the molecule is Cc1cccc(OC(=O)c2ccsc2N)c1. The molecule has 2 rings (SSSR count). The zero-order chi connectivity index (χ0) is 11.5. The maximum Gasteiger partial charge on any atom is 0.346 e. The van der Waals surface area contributed by atoms with Gasteiger partial charge in [-0.25, -0.2) is 4.79 Å². The van der Waals surface area contributed by atoms with Gasteiger partial charge in [-0.1, -0.05) is 12.1 Å². The van der Waals surface area contributed by atoms with Gasteiger partial charge in [-0.15, -0.1) is 11.3 Å². The number of anilines is 1. The number of rotatable bonds is 2. The molecule has 0 amide bonds. The molecule has 4 heteroatoms. The first-order chi connectivity index (χ1) is 7.66. The van der Waals surface area contributed by atoms with Crippen molar-refractivity contribution in [3.63, 3.8) is 0 Å². The first kappa shape index (κ1) is 10.7. The van der Waals surface area contributed by atoms with Crippen molar-refractivity contribution in [3.8, 4) is 5.75 Å². The minimum Gasteiger partial charge on any atom is -0.423 e. The van der Waals surface area contributed by atoms with Crippen molar-refractivity contribution in [3.05, 3.63) is 46.8 Å². The van der Waals surface area contributed by atoms with Crippen LogP contribution in [0.15, 0.2) is 35.7 Å². The van der Waals surface area contributed by atoms with Crippen LogP contribution >= 0.6 is 11.3 Å². The standard InChI is InChI=1S/C12H11NO2S/c1-8-3-2-4-9(7-8)15-12(14)10-5-6-16-11(10)13/h2-7H,13H2,1H3. The molecule has 3 nitrogen and oxygen atoms in total. The zero-order valence-electron chi connectivity index (χ0n) is 8.77. The molecule has 0 radical (unpaired) electrons. The second-order valence-electron chi connectivity index (χ2n) is 3.40. The summed E-state index contributed by atoms with van der Waals surface area (Å²) in [6, 6.07) is 9.00. The average Bonchev–Trinajstić information content (AvgIpc) is 2.64. The maximum atomic E-state index is 11.7. The number of benzene rings is 1. The molecule has 0 bridgehead atoms. The highest BCUT2D eigenvalue weighted by molar-refractivity contribution is 7.14. The number of thiophene rings is 1. The van der Waals surface area contributed by atoms with Gasteiger partial charge in [0.15, 0.2) is 0 Å². The molecule has 0 saturated heterocycles. The van der Waals surface area contributed by atoms with Crippen molar-refractivity contribution in [2.24, 2.45) is 0 Å². The van der Waals surface area contributed by atoms with Crippen molar-refractivity contribution in [1.29, 1.82) is 0 Å². The highest BCUT2D eigenvalue weighted by atomic mass is 32.1. The van der Waals surface area contributed by atoms with Crippen LogP contribution in [-0.2, 0) is 0 Å². The Labute approximate surface area is 97.5 Å². The van der Waals surface area contributed by atoms with E-state index < -0.39 is 5.97 Å². The van der Waals surface area contributed by atoms with Gasteiger partial charge in [0.1, 0.15) is 10.8 Å². The average molecular weight is 233 g/mol. The minimum absolute atomic E-state index is 0.413. The van der Waals surface area contributed by atoms with Crippen LogP contribution in [0.5, 0.6) is 5.75 Å². The molecule has 2 N–H and O–H groups in total. The van der Waals surface area contributed by atoms with Crippen molar-refractivity contribution < 1.29 is 9.53 Å². The van der Waals surface area contributed by atoms with Gasteiger partial charge < -0.3 is 10.5 Å². The topological polar surface area (TPSA) is 52.3 Å². The van der Waals surface area contributed by atoms with E-state index in [0.717, 1.165) is 5.56 Å². The lowest BCUT2D eigenvalue weighted by atomic mass is 10.2. The van der Waals surface area contributed by atoms with Crippen LogP contribution in [0.25, 0.3) is 0 Å². The lowest BCUT2D eigenvalue weighted by Gasteiger charge is -2.04. The second kappa shape index (κ2) is 4.37. The van der Waals surface area contributed by atoms with Gasteiger partial charge in [-0.05, 0) is 36.1 Å². The van der Waals surface area contributed by atoms with Crippen LogP contribution < -0.4 is 10.5 Å². The molecule has 1 aromatic heterocycles. The third kappa shape index (κ3) is 2.23. The molecule has 0 atom stereocenters. The van der Waals surface area contributed by atoms with E-state index in [1.54, 1.807) is 23.6 Å². The summed E-state index contributed by atoms with van der Waals surface area (Å²) in [4.78, 5) is 11.7. The van der Waals surface area contributed by atoms with Crippen molar-refractivity contribution >= 4 is 22.3 Å². The Hall–Kier alpha value is -1.81. The van der Waals surface area contributed by atoms with Crippen molar-refractivity contribution in [2.45, 2.75) is 6.92 Å². The first-order valence-electron chi connectivity index (χ1n) is 4.78. The van der Waals surface area contributed by atoms with Gasteiger partial charge in [0, 0.05) is 0 Å². The Bertz CT molecular complexity index is 519. The number of hydrogen-bond donors (Lipinski definition) is 1.